The molecule has 0 bridgehead atoms. The fourth-order valence-electron chi connectivity index (χ4n) is 1.10. The van der Waals surface area contributed by atoms with Crippen LogP contribution < -0.4 is 38.2 Å². The zero-order valence-corrected chi connectivity index (χ0v) is 13.2. The molecule has 0 unspecified atom stereocenters. The van der Waals surface area contributed by atoms with Gasteiger partial charge < -0.3 is 17.0 Å². The third-order valence-electron chi connectivity index (χ3n) is 1.75. The van der Waals surface area contributed by atoms with Gasteiger partial charge in [-0.15, -0.1) is 0 Å². The maximum absolute atomic E-state index is 3.44. The number of rotatable bonds is 2. The first-order chi connectivity index (χ1) is 6.84. The van der Waals surface area contributed by atoms with E-state index in [1.54, 1.807) is 0 Å². The van der Waals surface area contributed by atoms with E-state index in [4.69, 9.17) is 0 Å². The van der Waals surface area contributed by atoms with Gasteiger partial charge in [-0.3, -0.25) is 0 Å². The van der Waals surface area contributed by atoms with Crippen LogP contribution in [-0.4, -0.2) is 0 Å². The molecule has 78 valence electrons. The van der Waals surface area contributed by atoms with Crippen molar-refractivity contribution in [3.05, 3.63) is 66.2 Å². The molecule has 0 nitrogen and oxygen atoms in total. The first kappa shape index (κ1) is 13.2. The molecule has 0 amide bonds. The van der Waals surface area contributed by atoms with Crippen LogP contribution in [-0.2, 0) is 0 Å². The Hall–Kier alpha value is 0.130. The summed E-state index contributed by atoms with van der Waals surface area (Å²) >= 11 is 3.44. The summed E-state index contributed by atoms with van der Waals surface area (Å²) in [5.74, 6) is 0. The van der Waals surface area contributed by atoms with E-state index in [2.05, 4.69) is 70.5 Å². The van der Waals surface area contributed by atoms with E-state index >= 15 is 0 Å². The van der Waals surface area contributed by atoms with Gasteiger partial charge in [0, 0.05) is 4.47 Å². The van der Waals surface area contributed by atoms with Crippen molar-refractivity contribution in [2.75, 3.05) is 0 Å². The van der Waals surface area contributed by atoms with Crippen LogP contribution in [0.1, 0.15) is 0 Å². The Morgan fingerprint density at radius 2 is 1.27 bits per heavy atom. The molecule has 0 radical (unpaired) electrons. The first-order valence-corrected chi connectivity index (χ1v) is 7.25. The third kappa shape index (κ3) is 4.25. The van der Waals surface area contributed by atoms with Crippen LogP contribution in [0.4, 0.5) is 0 Å². The Kier molecular flexibility index (Phi) is 5.86. The molecule has 2 aromatic carbocycles. The molecule has 0 heterocycles. The third-order valence-corrected chi connectivity index (χ3v) is 4.97. The topological polar surface area (TPSA) is 0 Å². The fraction of sp³-hybridized carbons (Fsp3) is 0. The van der Waals surface area contributed by atoms with Crippen LogP contribution in [0.15, 0.2) is 59.1 Å². The largest absolute Gasteiger partial charge is 1.00 e. The molecular formula is C12H9Br2I. The summed E-state index contributed by atoms with van der Waals surface area (Å²) in [7, 11) is 0. The standard InChI is InChI=1S/C12H9BrI.BrH/c13-10-6-8-12(9-7-10)14-11-4-2-1-3-5-11;/h1-9H;1H/q+1;/p-1. The highest BCUT2D eigenvalue weighted by Crippen LogP contribution is 2.05. The minimum absolute atomic E-state index is 0. The van der Waals surface area contributed by atoms with E-state index in [0.29, 0.717) is 0 Å². The molecule has 0 N–H and O–H groups in total. The average Bonchev–Trinajstić information content (AvgIpc) is 2.23. The van der Waals surface area contributed by atoms with Crippen molar-refractivity contribution in [3.8, 4) is 0 Å². The monoisotopic (exact) mass is 438 g/mol. The van der Waals surface area contributed by atoms with Crippen LogP contribution >= 0.6 is 15.9 Å². The minimum Gasteiger partial charge on any atom is -1.00 e. The Balaban J connectivity index is 0.00000112. The second-order valence-corrected chi connectivity index (χ2v) is 6.77. The molecule has 0 saturated heterocycles. The lowest BCUT2D eigenvalue weighted by Crippen LogP contribution is -3.61. The van der Waals surface area contributed by atoms with Gasteiger partial charge in [0.1, 0.15) is 0 Å². The highest BCUT2D eigenvalue weighted by molar-refractivity contribution is 9.10. The van der Waals surface area contributed by atoms with Crippen molar-refractivity contribution in [2.24, 2.45) is 0 Å². The van der Waals surface area contributed by atoms with Crippen LogP contribution in [0.25, 0.3) is 0 Å². The van der Waals surface area contributed by atoms with Gasteiger partial charge in [-0.05, 0) is 36.4 Å². The van der Waals surface area contributed by atoms with Crippen molar-refractivity contribution in [1.29, 1.82) is 0 Å². The Morgan fingerprint density at radius 3 is 1.87 bits per heavy atom. The van der Waals surface area contributed by atoms with Gasteiger partial charge in [0.2, 0.25) is 0 Å². The van der Waals surface area contributed by atoms with Crippen LogP contribution in [0.3, 0.4) is 0 Å². The van der Waals surface area contributed by atoms with E-state index in [0.717, 1.165) is 4.47 Å². The highest BCUT2D eigenvalue weighted by atomic mass is 127. The summed E-state index contributed by atoms with van der Waals surface area (Å²) in [6.07, 6.45) is 0. The van der Waals surface area contributed by atoms with E-state index in [1.807, 2.05) is 0 Å². The summed E-state index contributed by atoms with van der Waals surface area (Å²) in [6.45, 7) is 0. The van der Waals surface area contributed by atoms with Gasteiger partial charge in [-0.25, -0.2) is 0 Å². The Bertz CT molecular complexity index is 398. The summed E-state index contributed by atoms with van der Waals surface area (Å²) in [4.78, 5) is 0. The Labute approximate surface area is 119 Å². The minimum atomic E-state index is -0.00492. The Morgan fingerprint density at radius 1 is 0.733 bits per heavy atom. The van der Waals surface area contributed by atoms with E-state index < -0.39 is 0 Å². The number of hydrogen-bond donors (Lipinski definition) is 0. The molecule has 2 rings (SSSR count). The van der Waals surface area contributed by atoms with Crippen molar-refractivity contribution in [2.45, 2.75) is 0 Å². The molecule has 2 aromatic rings. The van der Waals surface area contributed by atoms with Crippen LogP contribution in [0, 0.1) is 7.14 Å². The SMILES string of the molecule is Brc1ccc([I+]c2ccccc2)cc1.[Br-]. The molecule has 0 fully saturated rings. The summed E-state index contributed by atoms with van der Waals surface area (Å²) in [5.41, 5.74) is 0. The predicted octanol–water partition coefficient (Wildman–Crippen LogP) is -2.42. The van der Waals surface area contributed by atoms with Gasteiger partial charge in [-0.1, -0.05) is 34.1 Å². The van der Waals surface area contributed by atoms with E-state index in [9.17, 15) is 0 Å². The molecule has 3 heteroatoms. The van der Waals surface area contributed by atoms with Crippen molar-refractivity contribution in [1.82, 2.24) is 0 Å². The summed E-state index contributed by atoms with van der Waals surface area (Å²) < 4.78 is 4.07. The quantitative estimate of drug-likeness (QED) is 0.457. The summed E-state index contributed by atoms with van der Waals surface area (Å²) in [5, 5.41) is 0. The predicted molar refractivity (Wildman–Crippen MR) is 58.0 cm³/mol. The number of hydrogen-bond acceptors (Lipinski definition) is 0. The fourth-order valence-corrected chi connectivity index (χ4v) is 3.57. The van der Waals surface area contributed by atoms with Crippen molar-refractivity contribution in [3.63, 3.8) is 0 Å². The molecule has 0 aliphatic rings. The smallest absolute Gasteiger partial charge is 0.357 e. The van der Waals surface area contributed by atoms with Crippen molar-refractivity contribution >= 4 is 15.9 Å². The maximum Gasteiger partial charge on any atom is 0.357 e. The van der Waals surface area contributed by atoms with Crippen LogP contribution in [0.2, 0.25) is 0 Å². The van der Waals surface area contributed by atoms with Gasteiger partial charge >= 0.3 is 21.2 Å². The number of benzene rings is 2. The van der Waals surface area contributed by atoms with Gasteiger partial charge in [-0.2, -0.15) is 0 Å². The van der Waals surface area contributed by atoms with Gasteiger partial charge in [0.25, 0.3) is 0 Å². The average molecular weight is 440 g/mol. The zero-order valence-electron chi connectivity index (χ0n) is 7.83. The van der Waals surface area contributed by atoms with E-state index in [-0.39, 0.29) is 38.2 Å². The lowest BCUT2D eigenvalue weighted by Gasteiger charge is -1.87. The number of halogens is 3. The lowest BCUT2D eigenvalue weighted by molar-refractivity contribution is -0.597. The highest BCUT2D eigenvalue weighted by Gasteiger charge is 2.13. The second kappa shape index (κ2) is 6.66. The molecule has 0 saturated carbocycles. The molecule has 0 spiro atoms. The normalized spacial score (nSPS) is 9.40. The second-order valence-electron chi connectivity index (χ2n) is 2.83. The van der Waals surface area contributed by atoms with Crippen LogP contribution in [0.5, 0.6) is 0 Å². The first-order valence-electron chi connectivity index (χ1n) is 4.30. The molecular weight excluding hydrogens is 431 g/mol. The molecule has 0 aliphatic heterocycles. The van der Waals surface area contributed by atoms with Crippen molar-refractivity contribution < 1.29 is 38.2 Å². The lowest BCUT2D eigenvalue weighted by atomic mass is 10.4. The summed E-state index contributed by atoms with van der Waals surface area (Å²) in [6, 6.07) is 19.3. The maximum atomic E-state index is 3.44. The van der Waals surface area contributed by atoms with Gasteiger partial charge in [0.15, 0.2) is 7.14 Å². The van der Waals surface area contributed by atoms with Gasteiger partial charge in [0.05, 0.1) is 0 Å². The molecule has 0 aromatic heterocycles. The molecule has 0 aliphatic carbocycles. The molecule has 15 heavy (non-hydrogen) atoms. The molecule has 0 atom stereocenters. The van der Waals surface area contributed by atoms with E-state index in [1.165, 1.54) is 7.14 Å². The zero-order chi connectivity index (χ0) is 9.80.